The van der Waals surface area contributed by atoms with Crippen molar-refractivity contribution in [2.24, 2.45) is 0 Å². The molecule has 0 amide bonds. The summed E-state index contributed by atoms with van der Waals surface area (Å²) < 4.78 is 11.1. The van der Waals surface area contributed by atoms with Gasteiger partial charge in [0.15, 0.2) is 0 Å². The van der Waals surface area contributed by atoms with Crippen LogP contribution in [0, 0.1) is 18.3 Å². The molecule has 0 spiro atoms. The van der Waals surface area contributed by atoms with Crippen molar-refractivity contribution < 1.29 is 19.2 Å². The van der Waals surface area contributed by atoms with Crippen LogP contribution in [-0.4, -0.2) is 27.3 Å². The Bertz CT molecular complexity index is 1130. The predicted octanol–water partition coefficient (Wildman–Crippen LogP) is 5.34. The fourth-order valence-electron chi connectivity index (χ4n) is 3.58. The maximum absolute atomic E-state index is 11.2. The summed E-state index contributed by atoms with van der Waals surface area (Å²) in [5, 5.41) is 22.8. The average molecular weight is 419 g/mol. The molecule has 0 radical (unpaired) electrons. The summed E-state index contributed by atoms with van der Waals surface area (Å²) in [6.45, 7) is 7.72. The second kappa shape index (κ2) is 9.43. The van der Waals surface area contributed by atoms with E-state index < -0.39 is 5.97 Å². The number of aromatic nitrogens is 2. The van der Waals surface area contributed by atoms with Gasteiger partial charge in [0, 0.05) is 11.1 Å². The van der Waals surface area contributed by atoms with Gasteiger partial charge in [-0.25, -0.2) is 0 Å². The van der Waals surface area contributed by atoms with Crippen molar-refractivity contribution in [2.75, 3.05) is 0 Å². The highest BCUT2D eigenvalue weighted by Gasteiger charge is 2.20. The van der Waals surface area contributed by atoms with Crippen molar-refractivity contribution in [1.29, 1.82) is 5.26 Å². The van der Waals surface area contributed by atoms with Crippen molar-refractivity contribution in [2.45, 2.75) is 52.6 Å². The Kier molecular flexibility index (Phi) is 6.71. The first-order valence-electron chi connectivity index (χ1n) is 10.2. The Hall–Kier alpha value is -3.66. The molecule has 2 aromatic carbocycles. The van der Waals surface area contributed by atoms with Crippen LogP contribution in [0.2, 0.25) is 0 Å². The van der Waals surface area contributed by atoms with Crippen LogP contribution in [0.4, 0.5) is 0 Å². The number of hydrogen-bond donors (Lipinski definition) is 1. The second-order valence-electron chi connectivity index (χ2n) is 7.64. The average Bonchev–Trinajstić information content (AvgIpc) is 3.22. The van der Waals surface area contributed by atoms with Crippen LogP contribution < -0.4 is 4.74 Å². The number of aliphatic carboxylic acids is 1. The molecule has 0 fully saturated rings. The van der Waals surface area contributed by atoms with E-state index in [1.165, 1.54) is 0 Å². The minimum Gasteiger partial charge on any atom is -0.490 e. The SMILES string of the molecule is CCC(CC(=O)O)c1cccc(-c2noc(-c3ccc(OC(C)C)c(C#N)c3)n2)c1C. The Morgan fingerprint density at radius 2 is 2.06 bits per heavy atom. The minimum absolute atomic E-state index is 0.0451. The number of nitriles is 1. The van der Waals surface area contributed by atoms with Crippen molar-refractivity contribution in [3.8, 4) is 34.7 Å². The van der Waals surface area contributed by atoms with E-state index >= 15 is 0 Å². The van der Waals surface area contributed by atoms with Crippen LogP contribution in [-0.2, 0) is 4.79 Å². The van der Waals surface area contributed by atoms with E-state index in [0.717, 1.165) is 23.1 Å². The molecular weight excluding hydrogens is 394 g/mol. The fraction of sp³-hybridized carbons (Fsp3) is 0.333. The van der Waals surface area contributed by atoms with Gasteiger partial charge in [0.2, 0.25) is 5.82 Å². The van der Waals surface area contributed by atoms with Gasteiger partial charge in [0.1, 0.15) is 11.8 Å². The highest BCUT2D eigenvalue weighted by molar-refractivity contribution is 5.70. The first-order chi connectivity index (χ1) is 14.8. The van der Waals surface area contributed by atoms with Crippen molar-refractivity contribution in [1.82, 2.24) is 10.1 Å². The largest absolute Gasteiger partial charge is 0.490 e. The molecule has 1 N–H and O–H groups in total. The quantitative estimate of drug-likeness (QED) is 0.525. The molecule has 1 aromatic heterocycles. The number of carboxylic acids is 1. The summed E-state index contributed by atoms with van der Waals surface area (Å²) in [5.74, 6) is 0.311. The van der Waals surface area contributed by atoms with E-state index in [-0.39, 0.29) is 18.4 Å². The molecule has 0 aliphatic rings. The summed E-state index contributed by atoms with van der Waals surface area (Å²) in [6.07, 6.45) is 0.742. The van der Waals surface area contributed by atoms with Crippen LogP contribution in [0.1, 0.15) is 56.2 Å². The smallest absolute Gasteiger partial charge is 0.303 e. The predicted molar refractivity (Wildman–Crippen MR) is 116 cm³/mol. The summed E-state index contributed by atoms with van der Waals surface area (Å²) >= 11 is 0. The van der Waals surface area contributed by atoms with Crippen LogP contribution in [0.3, 0.4) is 0 Å². The standard InChI is InChI=1S/C24H25N3O4/c1-5-16(12-22(28)29)19-7-6-8-20(15(19)4)23-26-24(31-27-23)17-9-10-21(30-14(2)3)18(11-17)13-25/h6-11,14,16H,5,12H2,1-4H3,(H,28,29). The van der Waals surface area contributed by atoms with Gasteiger partial charge in [-0.15, -0.1) is 0 Å². The van der Waals surface area contributed by atoms with Gasteiger partial charge in [-0.1, -0.05) is 30.3 Å². The Balaban J connectivity index is 1.95. The highest BCUT2D eigenvalue weighted by atomic mass is 16.5. The van der Waals surface area contributed by atoms with Gasteiger partial charge in [-0.05, 0) is 62.4 Å². The minimum atomic E-state index is -0.823. The van der Waals surface area contributed by atoms with Crippen LogP contribution in [0.5, 0.6) is 5.75 Å². The third kappa shape index (κ3) is 4.92. The lowest BCUT2D eigenvalue weighted by Crippen LogP contribution is -2.07. The van der Waals surface area contributed by atoms with Crippen LogP contribution in [0.15, 0.2) is 40.9 Å². The molecule has 31 heavy (non-hydrogen) atoms. The normalized spacial score (nSPS) is 11.9. The Morgan fingerprint density at radius 1 is 1.29 bits per heavy atom. The van der Waals surface area contributed by atoms with Gasteiger partial charge in [0.25, 0.3) is 5.89 Å². The van der Waals surface area contributed by atoms with E-state index in [9.17, 15) is 15.2 Å². The molecule has 0 aliphatic carbocycles. The lowest BCUT2D eigenvalue weighted by molar-refractivity contribution is -0.137. The number of hydrogen-bond acceptors (Lipinski definition) is 6. The van der Waals surface area contributed by atoms with Gasteiger partial charge < -0.3 is 14.4 Å². The molecule has 1 unspecified atom stereocenters. The third-order valence-electron chi connectivity index (χ3n) is 5.11. The molecule has 3 rings (SSSR count). The molecule has 160 valence electrons. The number of carbonyl (C=O) groups is 1. The highest BCUT2D eigenvalue weighted by Crippen LogP contribution is 2.33. The van der Waals surface area contributed by atoms with Gasteiger partial charge in [0.05, 0.1) is 18.1 Å². The third-order valence-corrected chi connectivity index (χ3v) is 5.11. The molecule has 7 heteroatoms. The van der Waals surface area contributed by atoms with Crippen molar-refractivity contribution in [3.63, 3.8) is 0 Å². The van der Waals surface area contributed by atoms with E-state index in [2.05, 4.69) is 16.2 Å². The number of rotatable bonds is 8. The fourth-order valence-corrected chi connectivity index (χ4v) is 3.58. The lowest BCUT2D eigenvalue weighted by atomic mass is 9.88. The number of benzene rings is 2. The van der Waals surface area contributed by atoms with E-state index in [4.69, 9.17) is 9.26 Å². The summed E-state index contributed by atoms with van der Waals surface area (Å²) in [4.78, 5) is 15.8. The Labute approximate surface area is 181 Å². The molecule has 0 bridgehead atoms. The topological polar surface area (TPSA) is 109 Å². The lowest BCUT2D eigenvalue weighted by Gasteiger charge is -2.17. The Morgan fingerprint density at radius 3 is 2.71 bits per heavy atom. The molecule has 0 saturated heterocycles. The van der Waals surface area contributed by atoms with Gasteiger partial charge in [-0.3, -0.25) is 4.79 Å². The molecule has 0 aliphatic heterocycles. The second-order valence-corrected chi connectivity index (χ2v) is 7.64. The number of carboxylic acid groups (broad SMARTS) is 1. The van der Waals surface area contributed by atoms with Gasteiger partial charge in [-0.2, -0.15) is 10.2 Å². The summed E-state index contributed by atoms with van der Waals surface area (Å²) in [7, 11) is 0. The van der Waals surface area contributed by atoms with Gasteiger partial charge >= 0.3 is 5.97 Å². The van der Waals surface area contributed by atoms with Crippen LogP contribution in [0.25, 0.3) is 22.8 Å². The molecular formula is C24H25N3O4. The summed E-state index contributed by atoms with van der Waals surface area (Å²) in [6, 6.07) is 13.0. The maximum atomic E-state index is 11.2. The van der Waals surface area contributed by atoms with Crippen LogP contribution >= 0.6 is 0 Å². The zero-order valence-corrected chi connectivity index (χ0v) is 18.0. The molecule has 1 heterocycles. The zero-order chi connectivity index (χ0) is 22.5. The monoisotopic (exact) mass is 419 g/mol. The van der Waals surface area contributed by atoms with E-state index in [0.29, 0.717) is 28.6 Å². The molecule has 3 aromatic rings. The van der Waals surface area contributed by atoms with Crippen molar-refractivity contribution >= 4 is 5.97 Å². The molecule has 1 atom stereocenters. The molecule has 0 saturated carbocycles. The number of nitrogens with zero attached hydrogens (tertiary/aromatic N) is 3. The zero-order valence-electron chi connectivity index (χ0n) is 18.0. The first-order valence-corrected chi connectivity index (χ1v) is 10.2. The number of ether oxygens (including phenoxy) is 1. The maximum Gasteiger partial charge on any atom is 0.303 e. The van der Waals surface area contributed by atoms with E-state index in [1.54, 1.807) is 18.2 Å². The molecule has 7 nitrogen and oxygen atoms in total. The van der Waals surface area contributed by atoms with Crippen molar-refractivity contribution in [3.05, 3.63) is 53.1 Å². The summed E-state index contributed by atoms with van der Waals surface area (Å²) in [5.41, 5.74) is 3.70. The first kappa shape index (κ1) is 22.0. The van der Waals surface area contributed by atoms with E-state index in [1.807, 2.05) is 45.9 Å².